The van der Waals surface area contributed by atoms with Gasteiger partial charge in [-0.2, -0.15) is 0 Å². The molecular weight excluding hydrogens is 644 g/mol. The first kappa shape index (κ1) is 38.7. The normalized spacial score (nSPS) is 42.3. The van der Waals surface area contributed by atoms with Crippen molar-refractivity contribution in [3.8, 4) is 0 Å². The van der Waals surface area contributed by atoms with E-state index in [0.29, 0.717) is 25.0 Å². The molecule has 1 heterocycles. The van der Waals surface area contributed by atoms with Gasteiger partial charge >= 0.3 is 11.9 Å². The maximum absolute atomic E-state index is 14.0. The molecular formula is C39H58O11. The average Bonchev–Trinajstić information content (AvgIpc) is 3.20. The van der Waals surface area contributed by atoms with E-state index in [2.05, 4.69) is 40.7 Å². The van der Waals surface area contributed by atoms with Crippen molar-refractivity contribution in [2.24, 2.45) is 39.4 Å². The number of carbonyl (C=O) groups excluding carboxylic acids is 3. The van der Waals surface area contributed by atoms with Crippen LogP contribution in [0.4, 0.5) is 0 Å². The van der Waals surface area contributed by atoms with Crippen molar-refractivity contribution >= 4 is 17.7 Å². The molecule has 0 aromatic rings. The molecule has 12 unspecified atom stereocenters. The minimum atomic E-state index is -1.96. The summed E-state index contributed by atoms with van der Waals surface area (Å²) in [6, 6.07) is 0. The number of aliphatic hydroxyl groups excluding tert-OH is 2. The van der Waals surface area contributed by atoms with E-state index in [-0.39, 0.29) is 29.3 Å². The molecule has 4 N–H and O–H groups in total. The van der Waals surface area contributed by atoms with Crippen LogP contribution in [0.1, 0.15) is 101 Å². The van der Waals surface area contributed by atoms with Crippen LogP contribution in [0.2, 0.25) is 0 Å². The highest BCUT2D eigenvalue weighted by Gasteiger charge is 2.72. The smallest absolute Gasteiger partial charge is 0.303 e. The fourth-order valence-electron chi connectivity index (χ4n) is 10.7. The molecule has 50 heavy (non-hydrogen) atoms. The maximum atomic E-state index is 14.0. The Hall–Kier alpha value is -2.57. The van der Waals surface area contributed by atoms with Gasteiger partial charge in [-0.15, -0.1) is 0 Å². The van der Waals surface area contributed by atoms with Crippen LogP contribution in [0.5, 0.6) is 0 Å². The first-order valence-corrected chi connectivity index (χ1v) is 18.0. The van der Waals surface area contributed by atoms with Crippen molar-refractivity contribution in [2.45, 2.75) is 143 Å². The molecule has 0 amide bonds. The van der Waals surface area contributed by atoms with E-state index in [1.54, 1.807) is 13.8 Å². The zero-order valence-electron chi connectivity index (χ0n) is 31.3. The molecule has 0 spiro atoms. The number of ketones is 1. The Morgan fingerprint density at radius 2 is 1.60 bits per heavy atom. The molecule has 0 bridgehead atoms. The molecule has 5 aliphatic rings. The topological polar surface area (TPSA) is 169 Å². The molecule has 0 aromatic heterocycles. The summed E-state index contributed by atoms with van der Waals surface area (Å²) >= 11 is 0. The third-order valence-corrected chi connectivity index (χ3v) is 13.2. The Morgan fingerprint density at radius 3 is 2.20 bits per heavy atom. The lowest BCUT2D eigenvalue weighted by atomic mass is 9.39. The van der Waals surface area contributed by atoms with Crippen LogP contribution < -0.4 is 0 Å². The second-order valence-electron chi connectivity index (χ2n) is 17.8. The fraction of sp³-hybridized carbons (Fsp3) is 0.769. The van der Waals surface area contributed by atoms with Gasteiger partial charge in [-0.05, 0) is 86.2 Å². The van der Waals surface area contributed by atoms with Crippen LogP contribution in [0.25, 0.3) is 0 Å². The Bertz CT molecular complexity index is 1470. The molecule has 3 fully saturated rings. The van der Waals surface area contributed by atoms with Gasteiger partial charge in [-0.3, -0.25) is 14.4 Å². The number of carbonyl (C=O) groups is 3. The lowest BCUT2D eigenvalue weighted by Crippen LogP contribution is -2.61. The standard InChI is InChI=1S/C39H58O11/c1-21(40)48-27-20-47-33(31(30(27)44)49-22(2)41)50-26-19-38(9)28-12-11-24-25(17-23(42)18-34(24,3)4)36(28,7)15-16-37(38,8)32(26)39(10,46)29(43)13-14-35(5,6)45/h11,13-14,17,25-28,30-33,42,44-46H,12,15-16,18-20H2,1-10H3/b14-13+. The first-order valence-electron chi connectivity index (χ1n) is 18.0. The lowest BCUT2D eigenvalue weighted by Gasteiger charge is -2.65. The summed E-state index contributed by atoms with van der Waals surface area (Å²) in [5, 5.41) is 44.9. The minimum absolute atomic E-state index is 0.0186. The van der Waals surface area contributed by atoms with E-state index < -0.39 is 76.4 Å². The molecule has 11 nitrogen and oxygen atoms in total. The van der Waals surface area contributed by atoms with Crippen molar-refractivity contribution < 1.29 is 53.8 Å². The average molecular weight is 703 g/mol. The third kappa shape index (κ3) is 6.50. The Morgan fingerprint density at radius 1 is 0.960 bits per heavy atom. The van der Waals surface area contributed by atoms with E-state index >= 15 is 0 Å². The van der Waals surface area contributed by atoms with Gasteiger partial charge in [0.25, 0.3) is 0 Å². The van der Waals surface area contributed by atoms with Gasteiger partial charge in [-0.1, -0.05) is 52.3 Å². The summed E-state index contributed by atoms with van der Waals surface area (Å²) in [5.41, 5.74) is -3.51. The number of allylic oxidation sites excluding steroid dienone is 4. The molecule has 5 rings (SSSR count). The molecule has 4 aliphatic carbocycles. The fourth-order valence-corrected chi connectivity index (χ4v) is 10.7. The summed E-state index contributed by atoms with van der Waals surface area (Å²) in [6.45, 7) is 17.7. The lowest BCUT2D eigenvalue weighted by molar-refractivity contribution is -0.296. The van der Waals surface area contributed by atoms with Crippen LogP contribution in [0, 0.1) is 39.4 Å². The Balaban J connectivity index is 1.59. The number of ether oxygens (including phenoxy) is 4. The van der Waals surface area contributed by atoms with E-state index in [9.17, 15) is 34.8 Å². The van der Waals surface area contributed by atoms with E-state index in [0.717, 1.165) is 12.8 Å². The van der Waals surface area contributed by atoms with E-state index in [1.165, 1.54) is 38.5 Å². The maximum Gasteiger partial charge on any atom is 0.303 e. The van der Waals surface area contributed by atoms with Crippen molar-refractivity contribution in [2.75, 3.05) is 6.61 Å². The highest BCUT2D eigenvalue weighted by atomic mass is 16.7. The molecule has 2 saturated carbocycles. The predicted molar refractivity (Wildman–Crippen MR) is 183 cm³/mol. The third-order valence-electron chi connectivity index (χ3n) is 13.2. The van der Waals surface area contributed by atoms with E-state index in [4.69, 9.17) is 18.9 Å². The molecule has 0 radical (unpaired) electrons. The van der Waals surface area contributed by atoms with Gasteiger partial charge in [0.1, 0.15) is 11.7 Å². The van der Waals surface area contributed by atoms with Crippen LogP contribution >= 0.6 is 0 Å². The van der Waals surface area contributed by atoms with Gasteiger partial charge in [0.15, 0.2) is 24.3 Å². The van der Waals surface area contributed by atoms with Crippen LogP contribution in [0.15, 0.2) is 35.6 Å². The number of hydrogen-bond donors (Lipinski definition) is 4. The summed E-state index contributed by atoms with van der Waals surface area (Å²) in [5.74, 6) is -2.21. The summed E-state index contributed by atoms with van der Waals surface area (Å²) in [6.07, 6.45) is 4.14. The zero-order valence-corrected chi connectivity index (χ0v) is 31.3. The number of esters is 2. The predicted octanol–water partition coefficient (Wildman–Crippen LogP) is 4.87. The molecule has 1 saturated heterocycles. The number of hydrogen-bond acceptors (Lipinski definition) is 11. The van der Waals surface area contributed by atoms with Crippen molar-refractivity contribution in [1.29, 1.82) is 0 Å². The van der Waals surface area contributed by atoms with Crippen molar-refractivity contribution in [3.63, 3.8) is 0 Å². The summed E-state index contributed by atoms with van der Waals surface area (Å²) < 4.78 is 23.5. The number of fused-ring (bicyclic) bond motifs is 5. The monoisotopic (exact) mass is 702 g/mol. The largest absolute Gasteiger partial charge is 0.513 e. The van der Waals surface area contributed by atoms with Gasteiger partial charge in [0.05, 0.1) is 24.1 Å². The van der Waals surface area contributed by atoms with Crippen LogP contribution in [-0.4, -0.2) is 86.7 Å². The van der Waals surface area contributed by atoms with Crippen LogP contribution in [0.3, 0.4) is 0 Å². The number of aliphatic hydroxyl groups is 4. The van der Waals surface area contributed by atoms with Gasteiger partial charge in [0.2, 0.25) is 0 Å². The van der Waals surface area contributed by atoms with Crippen molar-refractivity contribution in [1.82, 2.24) is 0 Å². The first-order chi connectivity index (χ1) is 22.9. The van der Waals surface area contributed by atoms with Crippen LogP contribution in [-0.2, 0) is 33.3 Å². The molecule has 12 atom stereocenters. The zero-order chi connectivity index (χ0) is 37.4. The van der Waals surface area contributed by atoms with Gasteiger partial charge in [-0.25, -0.2) is 0 Å². The molecule has 280 valence electrons. The Labute approximate surface area is 296 Å². The van der Waals surface area contributed by atoms with E-state index in [1.807, 2.05) is 6.08 Å². The molecule has 11 heteroatoms. The Kier molecular flexibility index (Phi) is 9.92. The highest BCUT2D eigenvalue weighted by Crippen LogP contribution is 2.75. The summed E-state index contributed by atoms with van der Waals surface area (Å²) in [4.78, 5) is 37.9. The van der Waals surface area contributed by atoms with Crippen molar-refractivity contribution in [3.05, 3.63) is 35.6 Å². The quantitative estimate of drug-likeness (QED) is 0.155. The van der Waals surface area contributed by atoms with Gasteiger partial charge in [0, 0.05) is 32.1 Å². The molecule has 1 aliphatic heterocycles. The highest BCUT2D eigenvalue weighted by molar-refractivity contribution is 5.97. The van der Waals surface area contributed by atoms with Gasteiger partial charge < -0.3 is 39.4 Å². The second kappa shape index (κ2) is 12.8. The minimum Gasteiger partial charge on any atom is -0.513 e. The molecule has 0 aromatic carbocycles. The summed E-state index contributed by atoms with van der Waals surface area (Å²) in [7, 11) is 0. The SMILES string of the molecule is CC(=O)OC1COC(OC2CC3(C)C4CC=C5C(C=C(O)CC5(C)C)C4(C)CCC3(C)C2C(C)(O)C(=O)/C=C/C(C)(C)O)C(OC(C)=O)C1O. The second-order valence-corrected chi connectivity index (χ2v) is 17.8. The number of rotatable bonds is 8.